The Labute approximate surface area is 117 Å². The van der Waals surface area contributed by atoms with Gasteiger partial charge in [-0.1, -0.05) is 13.3 Å². The molecule has 0 aliphatic carbocycles. The second-order valence-corrected chi connectivity index (χ2v) is 6.16. The predicted octanol–water partition coefficient (Wildman–Crippen LogP) is 2.90. The summed E-state index contributed by atoms with van der Waals surface area (Å²) in [5, 5.41) is 11.7. The van der Waals surface area contributed by atoms with Gasteiger partial charge >= 0.3 is 0 Å². The Morgan fingerprint density at radius 3 is 3.11 bits per heavy atom. The van der Waals surface area contributed by atoms with E-state index in [0.29, 0.717) is 0 Å². The van der Waals surface area contributed by atoms with Crippen molar-refractivity contribution < 1.29 is 5.11 Å². The number of aliphatic hydroxyl groups excluding tert-OH is 1. The van der Waals surface area contributed by atoms with Gasteiger partial charge in [0.2, 0.25) is 0 Å². The summed E-state index contributed by atoms with van der Waals surface area (Å²) in [6.45, 7) is 4.47. The van der Waals surface area contributed by atoms with E-state index >= 15 is 0 Å². The third-order valence-electron chi connectivity index (χ3n) is 4.21. The number of anilines is 1. The lowest BCUT2D eigenvalue weighted by atomic mass is 9.98. The fourth-order valence-corrected chi connectivity index (χ4v) is 3.73. The number of thiazole rings is 1. The van der Waals surface area contributed by atoms with E-state index in [1.54, 1.807) is 11.3 Å². The van der Waals surface area contributed by atoms with Gasteiger partial charge in [-0.2, -0.15) is 0 Å². The third kappa shape index (κ3) is 2.37. The Morgan fingerprint density at radius 2 is 2.32 bits per heavy atom. The van der Waals surface area contributed by atoms with Crippen molar-refractivity contribution in [1.82, 2.24) is 9.38 Å². The number of hydrogen-bond acceptors (Lipinski definition) is 4. The highest BCUT2D eigenvalue weighted by molar-refractivity contribution is 7.15. The largest absolute Gasteiger partial charge is 0.390 e. The van der Waals surface area contributed by atoms with Crippen molar-refractivity contribution in [2.24, 2.45) is 5.92 Å². The van der Waals surface area contributed by atoms with E-state index in [2.05, 4.69) is 11.8 Å². The highest BCUT2D eigenvalue weighted by Gasteiger charge is 2.21. The Kier molecular flexibility index (Phi) is 3.75. The van der Waals surface area contributed by atoms with Crippen LogP contribution in [-0.4, -0.2) is 27.6 Å². The number of aromatic nitrogens is 2. The number of imidazole rings is 1. The molecule has 104 valence electrons. The molecular weight excluding hydrogens is 258 g/mol. The zero-order chi connectivity index (χ0) is 13.2. The van der Waals surface area contributed by atoms with Crippen LogP contribution in [0.15, 0.2) is 11.6 Å². The molecule has 1 fully saturated rings. The first-order chi connectivity index (χ1) is 9.33. The lowest BCUT2D eigenvalue weighted by Crippen LogP contribution is -2.25. The summed E-state index contributed by atoms with van der Waals surface area (Å²) in [4.78, 5) is 8.05. The molecule has 0 spiro atoms. The van der Waals surface area contributed by atoms with Gasteiger partial charge in [-0.3, -0.25) is 4.40 Å². The molecule has 5 heteroatoms. The van der Waals surface area contributed by atoms with Crippen LogP contribution in [0.25, 0.3) is 4.96 Å². The molecule has 1 N–H and O–H groups in total. The number of rotatable bonds is 3. The second-order valence-electron chi connectivity index (χ2n) is 5.29. The summed E-state index contributed by atoms with van der Waals surface area (Å²) in [6.07, 6.45) is 7.07. The topological polar surface area (TPSA) is 40.8 Å². The van der Waals surface area contributed by atoms with Gasteiger partial charge in [0.1, 0.15) is 0 Å². The molecule has 4 nitrogen and oxygen atoms in total. The highest BCUT2D eigenvalue weighted by atomic mass is 32.1. The Morgan fingerprint density at radius 1 is 1.42 bits per heavy atom. The predicted molar refractivity (Wildman–Crippen MR) is 78.8 cm³/mol. The molecule has 0 aromatic carbocycles. The molecule has 1 atom stereocenters. The fourth-order valence-electron chi connectivity index (χ4n) is 3.01. The SMILES string of the molecule is CCC1CCCN(c2nc3sccn3c2CO)CC1. The average molecular weight is 279 g/mol. The maximum atomic E-state index is 9.64. The molecule has 3 heterocycles. The van der Waals surface area contributed by atoms with Crippen LogP contribution >= 0.6 is 11.3 Å². The molecule has 2 aromatic heterocycles. The highest BCUT2D eigenvalue weighted by Crippen LogP contribution is 2.28. The van der Waals surface area contributed by atoms with E-state index in [1.807, 2.05) is 16.0 Å². The normalized spacial score (nSPS) is 20.9. The van der Waals surface area contributed by atoms with E-state index in [9.17, 15) is 5.11 Å². The lowest BCUT2D eigenvalue weighted by Gasteiger charge is -2.21. The quantitative estimate of drug-likeness (QED) is 0.939. The second kappa shape index (κ2) is 5.51. The van der Waals surface area contributed by atoms with Gasteiger partial charge in [0.05, 0.1) is 12.3 Å². The molecule has 19 heavy (non-hydrogen) atoms. The maximum Gasteiger partial charge on any atom is 0.195 e. The molecule has 1 unspecified atom stereocenters. The van der Waals surface area contributed by atoms with Gasteiger partial charge in [0.15, 0.2) is 10.8 Å². The van der Waals surface area contributed by atoms with Crippen LogP contribution in [0.4, 0.5) is 5.82 Å². The first-order valence-corrected chi connectivity index (χ1v) is 8.01. The van der Waals surface area contributed by atoms with Crippen LogP contribution in [0.3, 0.4) is 0 Å². The Bertz CT molecular complexity index is 548. The van der Waals surface area contributed by atoms with Crippen molar-refractivity contribution in [2.45, 2.75) is 39.2 Å². The summed E-state index contributed by atoms with van der Waals surface area (Å²) >= 11 is 1.63. The molecule has 1 aliphatic rings. The summed E-state index contributed by atoms with van der Waals surface area (Å²) < 4.78 is 2.02. The van der Waals surface area contributed by atoms with Gasteiger partial charge in [-0.15, -0.1) is 11.3 Å². The van der Waals surface area contributed by atoms with Crippen molar-refractivity contribution >= 4 is 22.1 Å². The molecule has 1 aliphatic heterocycles. The smallest absolute Gasteiger partial charge is 0.195 e. The van der Waals surface area contributed by atoms with E-state index in [-0.39, 0.29) is 6.61 Å². The molecule has 3 rings (SSSR count). The van der Waals surface area contributed by atoms with E-state index < -0.39 is 0 Å². The summed E-state index contributed by atoms with van der Waals surface area (Å²) in [7, 11) is 0. The molecule has 0 bridgehead atoms. The van der Waals surface area contributed by atoms with Crippen LogP contribution in [0, 0.1) is 5.92 Å². The molecule has 0 amide bonds. The van der Waals surface area contributed by atoms with Crippen molar-refractivity contribution in [2.75, 3.05) is 18.0 Å². The van der Waals surface area contributed by atoms with Crippen LogP contribution < -0.4 is 4.90 Å². The minimum atomic E-state index is 0.0565. The number of fused-ring (bicyclic) bond motifs is 1. The lowest BCUT2D eigenvalue weighted by molar-refractivity contribution is 0.276. The average Bonchev–Trinajstić information content (AvgIpc) is 2.91. The number of nitrogens with zero attached hydrogens (tertiary/aromatic N) is 3. The first-order valence-electron chi connectivity index (χ1n) is 7.13. The first kappa shape index (κ1) is 12.9. The van der Waals surface area contributed by atoms with E-state index in [4.69, 9.17) is 4.98 Å². The van der Waals surface area contributed by atoms with Crippen molar-refractivity contribution in [3.8, 4) is 0 Å². The van der Waals surface area contributed by atoms with Crippen LogP contribution in [-0.2, 0) is 6.61 Å². The standard InChI is InChI=1S/C14H21N3OS/c1-2-11-4-3-6-16(7-5-11)13-12(10-18)17-8-9-19-14(17)15-13/h8-9,11,18H,2-7,10H2,1H3. The Hall–Kier alpha value is -1.07. The van der Waals surface area contributed by atoms with Gasteiger partial charge in [0.25, 0.3) is 0 Å². The Balaban J connectivity index is 1.88. The zero-order valence-electron chi connectivity index (χ0n) is 11.4. The van der Waals surface area contributed by atoms with Crippen molar-refractivity contribution in [3.05, 3.63) is 17.3 Å². The minimum Gasteiger partial charge on any atom is -0.390 e. The van der Waals surface area contributed by atoms with E-state index in [0.717, 1.165) is 35.5 Å². The summed E-state index contributed by atoms with van der Waals surface area (Å²) in [5.41, 5.74) is 0.936. The van der Waals surface area contributed by atoms with Gasteiger partial charge < -0.3 is 10.0 Å². The zero-order valence-corrected chi connectivity index (χ0v) is 12.2. The van der Waals surface area contributed by atoms with Crippen molar-refractivity contribution in [3.63, 3.8) is 0 Å². The number of aliphatic hydroxyl groups is 1. The van der Waals surface area contributed by atoms with Crippen LogP contribution in [0.2, 0.25) is 0 Å². The maximum absolute atomic E-state index is 9.64. The molecule has 0 radical (unpaired) electrons. The van der Waals surface area contributed by atoms with Gasteiger partial charge in [-0.25, -0.2) is 4.98 Å². The summed E-state index contributed by atoms with van der Waals surface area (Å²) in [5.74, 6) is 1.84. The van der Waals surface area contributed by atoms with Crippen LogP contribution in [0.5, 0.6) is 0 Å². The third-order valence-corrected chi connectivity index (χ3v) is 4.97. The van der Waals surface area contributed by atoms with Gasteiger partial charge in [-0.05, 0) is 25.2 Å². The molecule has 2 aromatic rings. The monoisotopic (exact) mass is 279 g/mol. The number of hydrogen-bond donors (Lipinski definition) is 1. The molecular formula is C14H21N3OS. The van der Waals surface area contributed by atoms with Gasteiger partial charge in [0, 0.05) is 24.7 Å². The summed E-state index contributed by atoms with van der Waals surface area (Å²) in [6, 6.07) is 0. The van der Waals surface area contributed by atoms with E-state index in [1.165, 1.54) is 25.7 Å². The van der Waals surface area contributed by atoms with Crippen LogP contribution in [0.1, 0.15) is 38.3 Å². The minimum absolute atomic E-state index is 0.0565. The molecule has 0 saturated carbocycles. The van der Waals surface area contributed by atoms with Crippen molar-refractivity contribution in [1.29, 1.82) is 0 Å². The molecule has 1 saturated heterocycles. The fraction of sp³-hybridized carbons (Fsp3) is 0.643.